The monoisotopic (exact) mass is 545 g/mol. The fourth-order valence-electron chi connectivity index (χ4n) is 4.81. The molecule has 1 aliphatic heterocycles. The first-order valence-corrected chi connectivity index (χ1v) is 13.6. The first kappa shape index (κ1) is 29.1. The van der Waals surface area contributed by atoms with Gasteiger partial charge in [-0.05, 0) is 49.0 Å². The molecule has 1 unspecified atom stereocenters. The van der Waals surface area contributed by atoms with Gasteiger partial charge in [0.2, 0.25) is 5.91 Å². The summed E-state index contributed by atoms with van der Waals surface area (Å²) in [4.78, 5) is 38.8. The molecule has 10 nitrogen and oxygen atoms in total. The van der Waals surface area contributed by atoms with Crippen LogP contribution in [-0.4, -0.2) is 78.4 Å². The molecule has 6 bridgehead atoms. The molecule has 3 N–H and O–H groups in total. The first-order valence-electron chi connectivity index (χ1n) is 13.6. The predicted octanol–water partition coefficient (Wildman–Crippen LogP) is 3.57. The maximum absolute atomic E-state index is 12.9. The quantitative estimate of drug-likeness (QED) is 0.455. The lowest BCUT2D eigenvalue weighted by molar-refractivity contribution is -0.131. The summed E-state index contributed by atoms with van der Waals surface area (Å²) in [5, 5.41) is 9.75. The van der Waals surface area contributed by atoms with E-state index < -0.39 is 5.92 Å². The Kier molecular flexibility index (Phi) is 10.6. The maximum atomic E-state index is 12.9. The van der Waals surface area contributed by atoms with E-state index in [1.165, 1.54) is 6.33 Å². The number of amides is 1. The number of rotatable bonds is 3. The zero-order valence-corrected chi connectivity index (χ0v) is 23.5. The molecule has 10 heteroatoms. The second kappa shape index (κ2) is 14.5. The summed E-state index contributed by atoms with van der Waals surface area (Å²) >= 11 is 0. The molecule has 40 heavy (non-hydrogen) atoms. The average molecular weight is 546 g/mol. The number of carbonyl (C=O) groups is 2. The number of aromatic nitrogens is 2. The lowest BCUT2D eigenvalue weighted by Gasteiger charge is -2.22. The second-order valence-corrected chi connectivity index (χ2v) is 10.2. The van der Waals surface area contributed by atoms with Gasteiger partial charge in [-0.15, -0.1) is 0 Å². The van der Waals surface area contributed by atoms with Crippen molar-refractivity contribution >= 4 is 34.7 Å². The Hall–Kier alpha value is -3.86. The fraction of sp³-hybridized carbons (Fsp3) is 0.400. The minimum absolute atomic E-state index is 0.00320. The highest BCUT2D eigenvalue weighted by Crippen LogP contribution is 2.22. The van der Waals surface area contributed by atoms with Gasteiger partial charge in [-0.25, -0.2) is 9.97 Å². The van der Waals surface area contributed by atoms with Crippen LogP contribution in [0.3, 0.4) is 0 Å². The average Bonchev–Trinajstić information content (AvgIpc) is 2.92. The lowest BCUT2D eigenvalue weighted by Crippen LogP contribution is -2.40. The molecule has 212 valence electrons. The van der Waals surface area contributed by atoms with Crippen molar-refractivity contribution in [3.8, 4) is 0 Å². The summed E-state index contributed by atoms with van der Waals surface area (Å²) in [5.41, 5.74) is 4.02. The number of methoxy groups -OCH3 is 1. The molecule has 0 saturated carbocycles. The summed E-state index contributed by atoms with van der Waals surface area (Å²) < 4.78 is 5.27. The van der Waals surface area contributed by atoms with E-state index in [0.29, 0.717) is 31.3 Å². The van der Waals surface area contributed by atoms with E-state index in [-0.39, 0.29) is 31.3 Å². The van der Waals surface area contributed by atoms with Gasteiger partial charge in [-0.2, -0.15) is 0 Å². The molecule has 0 saturated heterocycles. The number of anilines is 4. The van der Waals surface area contributed by atoms with Crippen LogP contribution in [0.4, 0.5) is 23.0 Å². The molecule has 0 radical (unpaired) electrons. The standard InChI is InChI=1S/C30H39N7O3/c1-4-37-12-11-31-30(39)24(20-40-3)15-27(38)19-36(2)17-22-7-5-9-25(13-22)34-28-16-29(33-21-32-28)35-26-10-6-8-23(14-26)18-37/h5-10,13-14,16,21,24H,4,11-12,15,17-20H2,1-3H3,(H,31,39)(H2,32,33,34,35). The molecule has 4 rings (SSSR count). The molecular weight excluding hydrogens is 506 g/mol. The number of benzene rings is 2. The topological polar surface area (TPSA) is 112 Å². The second-order valence-electron chi connectivity index (χ2n) is 10.2. The van der Waals surface area contributed by atoms with Crippen molar-refractivity contribution < 1.29 is 14.3 Å². The third-order valence-corrected chi connectivity index (χ3v) is 6.76. The number of likely N-dealkylation sites (N-methyl/N-ethyl adjacent to an activating group) is 2. The van der Waals surface area contributed by atoms with Crippen molar-refractivity contribution in [1.29, 1.82) is 0 Å². The summed E-state index contributed by atoms with van der Waals surface area (Å²) in [6.07, 6.45) is 1.67. The Labute approximate surface area is 236 Å². The van der Waals surface area contributed by atoms with E-state index in [1.807, 2.05) is 54.4 Å². The van der Waals surface area contributed by atoms with E-state index >= 15 is 0 Å². The van der Waals surface area contributed by atoms with Crippen LogP contribution >= 0.6 is 0 Å². The normalized spacial score (nSPS) is 18.3. The molecule has 0 fully saturated rings. The van der Waals surface area contributed by atoms with Crippen LogP contribution in [0.5, 0.6) is 0 Å². The highest BCUT2D eigenvalue weighted by molar-refractivity contribution is 5.88. The van der Waals surface area contributed by atoms with Gasteiger partial charge >= 0.3 is 0 Å². The van der Waals surface area contributed by atoms with Crippen molar-refractivity contribution in [2.75, 3.05) is 57.6 Å². The van der Waals surface area contributed by atoms with Crippen molar-refractivity contribution in [3.63, 3.8) is 0 Å². The molecule has 1 atom stereocenters. The molecule has 3 aromatic rings. The van der Waals surface area contributed by atoms with Crippen molar-refractivity contribution in [1.82, 2.24) is 25.1 Å². The summed E-state index contributed by atoms with van der Waals surface area (Å²) in [7, 11) is 3.46. The Morgan fingerprint density at radius 3 is 2.20 bits per heavy atom. The van der Waals surface area contributed by atoms with Crippen molar-refractivity contribution in [2.45, 2.75) is 26.4 Å². The van der Waals surface area contributed by atoms with Gasteiger partial charge in [0.15, 0.2) is 0 Å². The Bertz CT molecular complexity index is 1290. The van der Waals surface area contributed by atoms with Crippen LogP contribution in [0.2, 0.25) is 0 Å². The molecule has 1 aromatic heterocycles. The molecular formula is C30H39N7O3. The van der Waals surface area contributed by atoms with E-state index in [2.05, 4.69) is 49.9 Å². The van der Waals surface area contributed by atoms with Crippen molar-refractivity contribution in [3.05, 3.63) is 72.1 Å². The summed E-state index contributed by atoms with van der Waals surface area (Å²) in [6, 6.07) is 18.1. The molecule has 1 amide bonds. The Morgan fingerprint density at radius 1 is 0.925 bits per heavy atom. The molecule has 1 aliphatic rings. The van der Waals surface area contributed by atoms with Crippen molar-refractivity contribution in [2.24, 2.45) is 5.92 Å². The maximum Gasteiger partial charge on any atom is 0.225 e. The summed E-state index contributed by atoms with van der Waals surface area (Å²) in [6.45, 7) is 5.89. The fourth-order valence-corrected chi connectivity index (χ4v) is 4.81. The molecule has 0 aliphatic carbocycles. The number of hydrogen-bond acceptors (Lipinski definition) is 9. The van der Waals surface area contributed by atoms with Gasteiger partial charge in [0.1, 0.15) is 23.7 Å². The number of carbonyl (C=O) groups excluding carboxylic acids is 2. The predicted molar refractivity (Wildman–Crippen MR) is 157 cm³/mol. The first-order chi connectivity index (χ1) is 19.4. The van der Waals surface area contributed by atoms with Crippen LogP contribution < -0.4 is 16.0 Å². The van der Waals surface area contributed by atoms with E-state index in [4.69, 9.17) is 4.74 Å². The molecule has 2 heterocycles. The number of ether oxygens (including phenoxy) is 1. The van der Waals surface area contributed by atoms with E-state index in [0.717, 1.165) is 35.6 Å². The van der Waals surface area contributed by atoms with Gasteiger partial charge in [0.25, 0.3) is 0 Å². The Morgan fingerprint density at radius 2 is 1.57 bits per heavy atom. The minimum Gasteiger partial charge on any atom is -0.384 e. The van der Waals surface area contributed by atoms with Crippen LogP contribution in [0.25, 0.3) is 0 Å². The number of Topliss-reactive ketones (excluding diaryl/α,β-unsaturated/α-hetero) is 1. The highest BCUT2D eigenvalue weighted by atomic mass is 16.5. The summed E-state index contributed by atoms with van der Waals surface area (Å²) in [5.74, 6) is 0.687. The third kappa shape index (κ3) is 8.84. The number of fused-ring (bicyclic) bond motifs is 6. The van der Waals surface area contributed by atoms with Gasteiger partial charge in [0.05, 0.1) is 19.1 Å². The third-order valence-electron chi connectivity index (χ3n) is 6.76. The lowest BCUT2D eigenvalue weighted by atomic mass is 10.0. The van der Waals surface area contributed by atoms with Crippen LogP contribution in [-0.2, 0) is 27.4 Å². The van der Waals surface area contributed by atoms with E-state index in [9.17, 15) is 9.59 Å². The molecule has 0 spiro atoms. The zero-order chi connectivity index (χ0) is 28.3. The Balaban J connectivity index is 1.57. The SMILES string of the molecule is CCN1CCNC(=O)C(COC)CC(=O)CN(C)Cc2cccc(c2)Nc2cc(ncn2)Nc2cccc(c2)C1. The number of nitrogens with zero attached hydrogens (tertiary/aromatic N) is 4. The van der Waals surface area contributed by atoms with Crippen LogP contribution in [0, 0.1) is 5.92 Å². The van der Waals surface area contributed by atoms with Gasteiger partial charge < -0.3 is 20.7 Å². The van der Waals surface area contributed by atoms with E-state index in [1.54, 1.807) is 7.11 Å². The largest absolute Gasteiger partial charge is 0.384 e. The number of hydrogen-bond donors (Lipinski definition) is 3. The van der Waals surface area contributed by atoms with Crippen LogP contribution in [0.1, 0.15) is 24.5 Å². The smallest absolute Gasteiger partial charge is 0.225 e. The van der Waals surface area contributed by atoms with Gasteiger partial charge in [-0.1, -0.05) is 31.2 Å². The number of ketones is 1. The van der Waals surface area contributed by atoms with Gasteiger partial charge in [-0.3, -0.25) is 19.4 Å². The number of nitrogens with one attached hydrogen (secondary N) is 3. The minimum atomic E-state index is -0.519. The molecule has 2 aromatic carbocycles. The highest BCUT2D eigenvalue weighted by Gasteiger charge is 2.22. The van der Waals surface area contributed by atoms with Crippen LogP contribution in [0.15, 0.2) is 60.9 Å². The van der Waals surface area contributed by atoms with Gasteiger partial charge in [0, 0.05) is 57.2 Å². The zero-order valence-electron chi connectivity index (χ0n) is 23.5.